The summed E-state index contributed by atoms with van der Waals surface area (Å²) in [6.45, 7) is 0. The zero-order valence-corrected chi connectivity index (χ0v) is 6.99. The van der Waals surface area contributed by atoms with Crippen LogP contribution in [0, 0.1) is 0 Å². The fraction of sp³-hybridized carbons (Fsp3) is 0.600. The van der Waals surface area contributed by atoms with Crippen LogP contribution in [0.25, 0.3) is 0 Å². The molecule has 0 amide bonds. The lowest BCUT2D eigenvalue weighted by molar-refractivity contribution is -0.143. The lowest BCUT2D eigenvalue weighted by Crippen LogP contribution is -2.00. The van der Waals surface area contributed by atoms with Crippen LogP contribution in [0.5, 0.6) is 0 Å². The summed E-state index contributed by atoms with van der Waals surface area (Å²) in [6, 6.07) is 0. The Bertz CT molecular complexity index is 102. The highest BCUT2D eigenvalue weighted by Crippen LogP contribution is 1.85. The number of aliphatic hydroxyl groups is 1. The van der Waals surface area contributed by atoms with Gasteiger partial charge in [-0.3, -0.25) is 9.59 Å². The van der Waals surface area contributed by atoms with Crippen LogP contribution in [0.2, 0.25) is 0 Å². The van der Waals surface area contributed by atoms with E-state index in [0.717, 1.165) is 7.11 Å². The molecule has 7 heteroatoms. The molecule has 0 aliphatic carbocycles. The van der Waals surface area contributed by atoms with Crippen LogP contribution in [0.3, 0.4) is 0 Å². The van der Waals surface area contributed by atoms with Gasteiger partial charge < -0.3 is 27.6 Å². The molecule has 0 unspecified atom stereocenters. The molecule has 0 atom stereocenters. The number of aliphatic carboxylic acids is 2. The molecule has 0 spiro atoms. The molecule has 0 aromatic rings. The smallest absolute Gasteiger partial charge is 0.303 e. The van der Waals surface area contributed by atoms with E-state index in [9.17, 15) is 9.59 Å². The summed E-state index contributed by atoms with van der Waals surface area (Å²) in [5.74, 6) is -2.15. The highest BCUT2D eigenvalue weighted by Gasteiger charge is 2.00. The molecule has 0 saturated carbocycles. The van der Waals surface area contributed by atoms with Crippen molar-refractivity contribution in [3.05, 3.63) is 0 Å². The third-order valence-corrected chi connectivity index (χ3v) is 0.553. The van der Waals surface area contributed by atoms with Gasteiger partial charge in [0.05, 0.1) is 12.8 Å². The monoisotopic (exact) mass is 184 g/mol. The van der Waals surface area contributed by atoms with Gasteiger partial charge in [-0.1, -0.05) is 0 Å². The Morgan fingerprint density at radius 1 is 0.917 bits per heavy atom. The van der Waals surface area contributed by atoms with Gasteiger partial charge in [0.25, 0.3) is 0 Å². The van der Waals surface area contributed by atoms with E-state index in [1.165, 1.54) is 0 Å². The molecular weight excluding hydrogens is 168 g/mol. The molecular formula is C5H16N2O5. The Morgan fingerprint density at radius 3 is 1.17 bits per heavy atom. The second-order valence-electron chi connectivity index (χ2n) is 1.29. The van der Waals surface area contributed by atoms with Gasteiger partial charge >= 0.3 is 11.9 Å². The Labute approximate surface area is 70.2 Å². The van der Waals surface area contributed by atoms with E-state index in [-0.39, 0.29) is 25.1 Å². The normalized spacial score (nSPS) is 6.17. The van der Waals surface area contributed by atoms with Gasteiger partial charge in [-0.05, 0) is 0 Å². The predicted molar refractivity (Wildman–Crippen MR) is 42.7 cm³/mol. The molecule has 0 aliphatic rings. The van der Waals surface area contributed by atoms with E-state index in [0.29, 0.717) is 0 Å². The van der Waals surface area contributed by atoms with E-state index in [1.54, 1.807) is 0 Å². The molecule has 0 heterocycles. The SMILES string of the molecule is CO.N.N.O=C(O)CCC(=O)O. The van der Waals surface area contributed by atoms with Gasteiger partial charge in [-0.15, -0.1) is 0 Å². The van der Waals surface area contributed by atoms with Crippen molar-refractivity contribution in [2.24, 2.45) is 0 Å². The zero-order chi connectivity index (χ0) is 8.57. The maximum Gasteiger partial charge on any atom is 0.303 e. The second-order valence-corrected chi connectivity index (χ2v) is 1.29. The highest BCUT2D eigenvalue weighted by molar-refractivity contribution is 5.75. The molecule has 0 aromatic heterocycles. The first-order valence-electron chi connectivity index (χ1n) is 2.51. The number of carboxylic acid groups (broad SMARTS) is 2. The average molecular weight is 184 g/mol. The third kappa shape index (κ3) is 37.0. The van der Waals surface area contributed by atoms with Gasteiger partial charge in [-0.2, -0.15) is 0 Å². The zero-order valence-electron chi connectivity index (χ0n) is 6.99. The Kier molecular flexibility index (Phi) is 30.7. The average Bonchev–Trinajstić information content (AvgIpc) is 1.89. The van der Waals surface area contributed by atoms with Gasteiger partial charge in [-0.25, -0.2) is 0 Å². The molecule has 76 valence electrons. The fourth-order valence-corrected chi connectivity index (χ4v) is 0.214. The van der Waals surface area contributed by atoms with Crippen molar-refractivity contribution in [2.75, 3.05) is 7.11 Å². The Balaban J connectivity index is -0.0000000740. The van der Waals surface area contributed by atoms with Crippen LogP contribution in [-0.4, -0.2) is 34.4 Å². The summed E-state index contributed by atoms with van der Waals surface area (Å²) in [4.78, 5) is 19.3. The number of carboxylic acids is 2. The fourth-order valence-electron chi connectivity index (χ4n) is 0.214. The summed E-state index contributed by atoms with van der Waals surface area (Å²) in [7, 11) is 1.00. The molecule has 0 rings (SSSR count). The number of carbonyl (C=O) groups is 2. The summed E-state index contributed by atoms with van der Waals surface area (Å²) >= 11 is 0. The first-order chi connectivity index (χ1) is 4.63. The highest BCUT2D eigenvalue weighted by atomic mass is 16.4. The van der Waals surface area contributed by atoms with Crippen LogP contribution in [0.15, 0.2) is 0 Å². The topological polar surface area (TPSA) is 165 Å². The van der Waals surface area contributed by atoms with Crippen LogP contribution >= 0.6 is 0 Å². The quantitative estimate of drug-likeness (QED) is 0.407. The van der Waals surface area contributed by atoms with Crippen molar-refractivity contribution in [1.29, 1.82) is 0 Å². The minimum absolute atomic E-state index is 0. The van der Waals surface area contributed by atoms with Crippen LogP contribution in [0.4, 0.5) is 0 Å². The molecule has 0 radical (unpaired) electrons. The molecule has 0 saturated heterocycles. The molecule has 0 aliphatic heterocycles. The second kappa shape index (κ2) is 16.4. The van der Waals surface area contributed by atoms with Crippen molar-refractivity contribution < 1.29 is 24.9 Å². The molecule has 0 bridgehead atoms. The lowest BCUT2D eigenvalue weighted by atomic mass is 10.3. The van der Waals surface area contributed by atoms with Gasteiger partial charge in [0.2, 0.25) is 0 Å². The molecule has 7 nitrogen and oxygen atoms in total. The van der Waals surface area contributed by atoms with Crippen LogP contribution < -0.4 is 12.3 Å². The summed E-state index contributed by atoms with van der Waals surface area (Å²) in [5.41, 5.74) is 0. The summed E-state index contributed by atoms with van der Waals surface area (Å²) in [5, 5.41) is 22.8. The minimum atomic E-state index is -1.08. The maximum atomic E-state index is 9.64. The van der Waals surface area contributed by atoms with E-state index >= 15 is 0 Å². The largest absolute Gasteiger partial charge is 0.481 e. The maximum absolute atomic E-state index is 9.64. The van der Waals surface area contributed by atoms with E-state index in [4.69, 9.17) is 15.3 Å². The molecule has 0 fully saturated rings. The summed E-state index contributed by atoms with van der Waals surface area (Å²) < 4.78 is 0. The van der Waals surface area contributed by atoms with Crippen molar-refractivity contribution in [1.82, 2.24) is 12.3 Å². The number of aliphatic hydroxyl groups excluding tert-OH is 1. The first-order valence-corrected chi connectivity index (χ1v) is 2.51. The van der Waals surface area contributed by atoms with Crippen LogP contribution in [0.1, 0.15) is 12.8 Å². The van der Waals surface area contributed by atoms with Crippen molar-refractivity contribution >= 4 is 11.9 Å². The van der Waals surface area contributed by atoms with E-state index < -0.39 is 11.9 Å². The van der Waals surface area contributed by atoms with Crippen molar-refractivity contribution in [3.8, 4) is 0 Å². The Morgan fingerprint density at radius 2 is 1.08 bits per heavy atom. The Hall–Kier alpha value is -1.18. The number of rotatable bonds is 3. The third-order valence-electron chi connectivity index (χ3n) is 0.553. The molecule has 12 heavy (non-hydrogen) atoms. The van der Waals surface area contributed by atoms with Crippen molar-refractivity contribution in [3.63, 3.8) is 0 Å². The standard InChI is InChI=1S/C4H6O4.CH4O.2H3N/c5-3(6)1-2-4(7)8;1-2;;/h1-2H2,(H,5,6)(H,7,8);2H,1H3;2*1H3. The number of hydrogen-bond acceptors (Lipinski definition) is 5. The molecule has 0 aromatic carbocycles. The minimum Gasteiger partial charge on any atom is -0.481 e. The number of hydrogen-bond donors (Lipinski definition) is 5. The first kappa shape index (κ1) is 22.4. The van der Waals surface area contributed by atoms with E-state index in [1.807, 2.05) is 0 Å². The van der Waals surface area contributed by atoms with Gasteiger partial charge in [0.15, 0.2) is 0 Å². The van der Waals surface area contributed by atoms with Gasteiger partial charge in [0, 0.05) is 7.11 Å². The lowest BCUT2D eigenvalue weighted by Gasteiger charge is -1.85. The molecule has 9 N–H and O–H groups in total. The predicted octanol–water partition coefficient (Wildman–Crippen LogP) is -0.132. The van der Waals surface area contributed by atoms with E-state index in [2.05, 4.69) is 0 Å². The van der Waals surface area contributed by atoms with Gasteiger partial charge in [0.1, 0.15) is 0 Å². The summed E-state index contributed by atoms with van der Waals surface area (Å²) in [6.07, 6.45) is -0.593. The van der Waals surface area contributed by atoms with Crippen molar-refractivity contribution in [2.45, 2.75) is 12.8 Å². The van der Waals surface area contributed by atoms with Crippen LogP contribution in [-0.2, 0) is 9.59 Å².